The molecule has 0 spiro atoms. The first kappa shape index (κ1) is 10.3. The molecule has 0 saturated heterocycles. The smallest absolute Gasteiger partial charge is 0.113 e. The van der Waals surface area contributed by atoms with Crippen LogP contribution in [0.2, 0.25) is 0 Å². The molecule has 0 aromatic heterocycles. The molecule has 0 radical (unpaired) electrons. The van der Waals surface area contributed by atoms with E-state index in [1.165, 1.54) is 24.2 Å². The molecule has 1 atom stereocenters. The summed E-state index contributed by atoms with van der Waals surface area (Å²) in [5.41, 5.74) is 1.25. The van der Waals surface area contributed by atoms with Gasteiger partial charge in [-0.05, 0) is 30.4 Å². The lowest BCUT2D eigenvalue weighted by Gasteiger charge is -2.18. The maximum absolute atomic E-state index is 5.78. The van der Waals surface area contributed by atoms with E-state index >= 15 is 0 Å². The lowest BCUT2D eigenvalue weighted by Crippen LogP contribution is -2.04. The van der Waals surface area contributed by atoms with Crippen molar-refractivity contribution in [3.8, 4) is 0 Å². The van der Waals surface area contributed by atoms with E-state index in [0.29, 0.717) is 6.61 Å². The molecule has 0 saturated carbocycles. The van der Waals surface area contributed by atoms with Gasteiger partial charge in [-0.3, -0.25) is 0 Å². The molecule has 1 heteroatoms. The molecule has 2 rings (SSSR count). The van der Waals surface area contributed by atoms with E-state index < -0.39 is 0 Å². The molecule has 0 heterocycles. The standard InChI is InChI=1S/C14H18O/c1-12-7-9-14(10-8-12)15-11-13-5-3-2-4-6-13/h2-6,9,12H,7-8,10-11H2,1H3. The molecule has 0 aliphatic heterocycles. The van der Waals surface area contributed by atoms with Gasteiger partial charge in [0.05, 0.1) is 5.76 Å². The predicted octanol–water partition coefficient (Wildman–Crippen LogP) is 3.91. The highest BCUT2D eigenvalue weighted by atomic mass is 16.5. The van der Waals surface area contributed by atoms with Gasteiger partial charge >= 0.3 is 0 Å². The average molecular weight is 202 g/mol. The third-order valence-electron chi connectivity index (χ3n) is 2.90. The lowest BCUT2D eigenvalue weighted by atomic mass is 9.95. The molecule has 80 valence electrons. The van der Waals surface area contributed by atoms with E-state index in [2.05, 4.69) is 37.3 Å². The summed E-state index contributed by atoms with van der Waals surface area (Å²) in [5, 5.41) is 0. The fourth-order valence-corrected chi connectivity index (χ4v) is 1.82. The van der Waals surface area contributed by atoms with Gasteiger partial charge in [0.15, 0.2) is 0 Å². The van der Waals surface area contributed by atoms with Gasteiger partial charge in [-0.15, -0.1) is 0 Å². The van der Waals surface area contributed by atoms with Crippen LogP contribution in [0.15, 0.2) is 42.2 Å². The number of ether oxygens (including phenoxy) is 1. The molecule has 1 aliphatic carbocycles. The second kappa shape index (κ2) is 5.01. The van der Waals surface area contributed by atoms with Gasteiger partial charge < -0.3 is 4.74 Å². The zero-order valence-corrected chi connectivity index (χ0v) is 9.28. The van der Waals surface area contributed by atoms with E-state index in [9.17, 15) is 0 Å². The van der Waals surface area contributed by atoms with Crippen molar-refractivity contribution in [2.75, 3.05) is 0 Å². The minimum absolute atomic E-state index is 0.709. The molecule has 1 unspecified atom stereocenters. The minimum atomic E-state index is 0.709. The first-order valence-corrected chi connectivity index (χ1v) is 5.70. The number of benzene rings is 1. The van der Waals surface area contributed by atoms with Crippen LogP contribution in [-0.2, 0) is 11.3 Å². The Bertz CT molecular complexity index is 326. The third-order valence-corrected chi connectivity index (χ3v) is 2.90. The molecule has 0 fully saturated rings. The Hall–Kier alpha value is -1.24. The Morgan fingerprint density at radius 2 is 2.07 bits per heavy atom. The Kier molecular flexibility index (Phi) is 3.44. The molecule has 0 bridgehead atoms. The van der Waals surface area contributed by atoms with Crippen molar-refractivity contribution in [1.82, 2.24) is 0 Å². The summed E-state index contributed by atoms with van der Waals surface area (Å²) < 4.78 is 5.78. The lowest BCUT2D eigenvalue weighted by molar-refractivity contribution is 0.177. The van der Waals surface area contributed by atoms with E-state index in [1.54, 1.807) is 0 Å². The van der Waals surface area contributed by atoms with Crippen molar-refractivity contribution >= 4 is 0 Å². The summed E-state index contributed by atoms with van der Waals surface area (Å²) in [6.07, 6.45) is 5.79. The fraction of sp³-hybridized carbons (Fsp3) is 0.429. The topological polar surface area (TPSA) is 9.23 Å². The summed E-state index contributed by atoms with van der Waals surface area (Å²) in [4.78, 5) is 0. The first-order chi connectivity index (χ1) is 7.34. The molecule has 1 aromatic carbocycles. The van der Waals surface area contributed by atoms with Crippen LogP contribution in [0.5, 0.6) is 0 Å². The molecule has 15 heavy (non-hydrogen) atoms. The Balaban J connectivity index is 1.84. The fourth-order valence-electron chi connectivity index (χ4n) is 1.82. The van der Waals surface area contributed by atoms with Crippen LogP contribution in [0.25, 0.3) is 0 Å². The van der Waals surface area contributed by atoms with Crippen molar-refractivity contribution in [2.24, 2.45) is 5.92 Å². The van der Waals surface area contributed by atoms with Crippen molar-refractivity contribution in [3.63, 3.8) is 0 Å². The number of allylic oxidation sites excluding steroid dienone is 2. The molecule has 0 N–H and O–H groups in total. The van der Waals surface area contributed by atoms with Crippen LogP contribution in [-0.4, -0.2) is 0 Å². The van der Waals surface area contributed by atoms with Crippen LogP contribution in [0, 0.1) is 5.92 Å². The highest BCUT2D eigenvalue weighted by Crippen LogP contribution is 2.24. The summed E-state index contributed by atoms with van der Waals surface area (Å²) in [7, 11) is 0. The molecule has 1 nitrogen and oxygen atoms in total. The minimum Gasteiger partial charge on any atom is -0.494 e. The summed E-state index contributed by atoms with van der Waals surface area (Å²) in [6, 6.07) is 10.3. The zero-order chi connectivity index (χ0) is 10.5. The Morgan fingerprint density at radius 1 is 1.27 bits per heavy atom. The Labute approximate surface area is 91.8 Å². The number of rotatable bonds is 3. The van der Waals surface area contributed by atoms with Crippen LogP contribution in [0.1, 0.15) is 31.7 Å². The van der Waals surface area contributed by atoms with Crippen LogP contribution >= 0.6 is 0 Å². The molecular formula is C14H18O. The van der Waals surface area contributed by atoms with Gasteiger partial charge in [-0.1, -0.05) is 37.3 Å². The molecule has 1 aromatic rings. The SMILES string of the molecule is CC1CC=C(OCc2ccccc2)CC1. The van der Waals surface area contributed by atoms with Gasteiger partial charge in [-0.25, -0.2) is 0 Å². The first-order valence-electron chi connectivity index (χ1n) is 5.70. The normalized spacial score (nSPS) is 20.9. The van der Waals surface area contributed by atoms with Crippen LogP contribution in [0.4, 0.5) is 0 Å². The maximum Gasteiger partial charge on any atom is 0.113 e. The number of hydrogen-bond acceptors (Lipinski definition) is 1. The largest absolute Gasteiger partial charge is 0.494 e. The summed E-state index contributed by atoms with van der Waals surface area (Å²) >= 11 is 0. The molecule has 0 amide bonds. The van der Waals surface area contributed by atoms with E-state index in [-0.39, 0.29) is 0 Å². The zero-order valence-electron chi connectivity index (χ0n) is 9.28. The van der Waals surface area contributed by atoms with Crippen LogP contribution in [0.3, 0.4) is 0 Å². The maximum atomic E-state index is 5.78. The predicted molar refractivity (Wildman–Crippen MR) is 62.3 cm³/mol. The second-order valence-electron chi connectivity index (χ2n) is 4.32. The third kappa shape index (κ3) is 3.12. The van der Waals surface area contributed by atoms with Gasteiger partial charge in [0.2, 0.25) is 0 Å². The highest BCUT2D eigenvalue weighted by Gasteiger charge is 2.10. The van der Waals surface area contributed by atoms with Gasteiger partial charge in [0, 0.05) is 6.42 Å². The number of hydrogen-bond donors (Lipinski definition) is 0. The monoisotopic (exact) mass is 202 g/mol. The van der Waals surface area contributed by atoms with Crippen molar-refractivity contribution in [2.45, 2.75) is 32.8 Å². The highest BCUT2D eigenvalue weighted by molar-refractivity contribution is 5.14. The van der Waals surface area contributed by atoms with Gasteiger partial charge in [0.1, 0.15) is 6.61 Å². The van der Waals surface area contributed by atoms with E-state index in [4.69, 9.17) is 4.74 Å². The van der Waals surface area contributed by atoms with Gasteiger partial charge in [0.25, 0.3) is 0 Å². The van der Waals surface area contributed by atoms with E-state index in [1.807, 2.05) is 6.07 Å². The second-order valence-corrected chi connectivity index (χ2v) is 4.32. The van der Waals surface area contributed by atoms with Gasteiger partial charge in [-0.2, -0.15) is 0 Å². The van der Waals surface area contributed by atoms with E-state index in [0.717, 1.165) is 12.3 Å². The quantitative estimate of drug-likeness (QED) is 0.722. The molecular weight excluding hydrogens is 184 g/mol. The summed E-state index contributed by atoms with van der Waals surface area (Å²) in [6.45, 7) is 3.01. The van der Waals surface area contributed by atoms with Crippen molar-refractivity contribution < 1.29 is 4.74 Å². The average Bonchev–Trinajstić information content (AvgIpc) is 2.30. The van der Waals surface area contributed by atoms with Crippen LogP contribution < -0.4 is 0 Å². The Morgan fingerprint density at radius 3 is 2.73 bits per heavy atom. The van der Waals surface area contributed by atoms with Crippen molar-refractivity contribution in [3.05, 3.63) is 47.7 Å². The molecule has 1 aliphatic rings. The summed E-state index contributed by atoms with van der Waals surface area (Å²) in [5.74, 6) is 2.01. The van der Waals surface area contributed by atoms with Crippen molar-refractivity contribution in [1.29, 1.82) is 0 Å².